The fraction of sp³-hybridized carbons (Fsp3) is 0.364. The van der Waals surface area contributed by atoms with Gasteiger partial charge in [0.2, 0.25) is 0 Å². The van der Waals surface area contributed by atoms with Gasteiger partial charge in [-0.15, -0.1) is 0 Å². The third-order valence-electron chi connectivity index (χ3n) is 2.23. The summed E-state index contributed by atoms with van der Waals surface area (Å²) in [5.74, 6) is -0.818. The Morgan fingerprint density at radius 2 is 2.22 bits per heavy atom. The maximum absolute atomic E-state index is 12.9. The number of aromatic nitrogens is 1. The summed E-state index contributed by atoms with van der Waals surface area (Å²) in [4.78, 5) is 14.7. The van der Waals surface area contributed by atoms with Crippen LogP contribution in [0.5, 0.6) is 5.75 Å². The molecule has 0 saturated carbocycles. The molecule has 0 bridgehead atoms. The van der Waals surface area contributed by atoms with E-state index in [1.807, 2.05) is 0 Å². The molecule has 0 amide bonds. The van der Waals surface area contributed by atoms with E-state index in [0.29, 0.717) is 0 Å². The lowest BCUT2D eigenvalue weighted by atomic mass is 10.1. The van der Waals surface area contributed by atoms with Gasteiger partial charge in [-0.3, -0.25) is 4.79 Å². The quantitative estimate of drug-likeness (QED) is 0.765. The van der Waals surface area contributed by atoms with Crippen LogP contribution < -0.4 is 4.74 Å². The van der Waals surface area contributed by atoms with E-state index in [2.05, 4.69) is 9.72 Å². The number of esters is 1. The molecule has 1 aromatic heterocycles. The number of alkyl halides is 2. The number of pyridine rings is 1. The second-order valence-corrected chi connectivity index (χ2v) is 3.24. The Morgan fingerprint density at radius 3 is 2.67 bits per heavy atom. The fourth-order valence-electron chi connectivity index (χ4n) is 1.44. The van der Waals surface area contributed by atoms with Crippen molar-refractivity contribution in [1.29, 1.82) is 5.26 Å². The molecular formula is C11H10F2N2O3. The van der Waals surface area contributed by atoms with Gasteiger partial charge in [-0.25, -0.2) is 13.8 Å². The highest BCUT2D eigenvalue weighted by Crippen LogP contribution is 2.34. The van der Waals surface area contributed by atoms with Gasteiger partial charge in [-0.05, 0) is 0 Å². The van der Waals surface area contributed by atoms with Crippen LogP contribution in [0.3, 0.4) is 0 Å². The average Bonchev–Trinajstić information content (AvgIpc) is 2.37. The van der Waals surface area contributed by atoms with Crippen LogP contribution in [-0.4, -0.2) is 25.2 Å². The number of hydrogen-bond donors (Lipinski definition) is 0. The molecule has 5 nitrogen and oxygen atoms in total. The van der Waals surface area contributed by atoms with Gasteiger partial charge in [0.05, 0.1) is 26.2 Å². The Hall–Kier alpha value is -2.23. The van der Waals surface area contributed by atoms with Crippen LogP contribution in [0.15, 0.2) is 6.20 Å². The molecule has 0 unspecified atom stereocenters. The summed E-state index contributed by atoms with van der Waals surface area (Å²) in [7, 11) is 2.36. The summed E-state index contributed by atoms with van der Waals surface area (Å²) in [6.45, 7) is 0. The molecule has 96 valence electrons. The summed E-state index contributed by atoms with van der Waals surface area (Å²) in [6.07, 6.45) is -2.02. The van der Waals surface area contributed by atoms with Gasteiger partial charge in [-0.2, -0.15) is 5.26 Å². The Morgan fingerprint density at radius 1 is 1.56 bits per heavy atom. The number of rotatable bonds is 4. The van der Waals surface area contributed by atoms with E-state index in [-0.39, 0.29) is 17.7 Å². The summed E-state index contributed by atoms with van der Waals surface area (Å²) >= 11 is 0. The molecule has 0 aromatic carbocycles. The Kier molecular flexibility index (Phi) is 4.54. The zero-order chi connectivity index (χ0) is 13.7. The molecule has 0 spiro atoms. The molecule has 7 heteroatoms. The van der Waals surface area contributed by atoms with Crippen LogP contribution in [-0.2, 0) is 16.0 Å². The SMILES string of the molecule is COC(=O)Cc1cnc(C#N)c(C(F)F)c1OC. The number of carbonyl (C=O) groups is 1. The lowest BCUT2D eigenvalue weighted by molar-refractivity contribution is -0.139. The van der Waals surface area contributed by atoms with Crippen molar-refractivity contribution in [2.45, 2.75) is 12.8 Å². The van der Waals surface area contributed by atoms with E-state index in [4.69, 9.17) is 10.00 Å². The molecule has 0 aliphatic rings. The minimum Gasteiger partial charge on any atom is -0.496 e. The Balaban J connectivity index is 3.34. The van der Waals surface area contributed by atoms with E-state index in [1.54, 1.807) is 6.07 Å². The first kappa shape index (κ1) is 13.8. The molecule has 0 aliphatic heterocycles. The summed E-state index contributed by atoms with van der Waals surface area (Å²) in [6, 6.07) is 1.56. The zero-order valence-electron chi connectivity index (χ0n) is 9.74. The molecule has 0 N–H and O–H groups in total. The highest BCUT2D eigenvalue weighted by molar-refractivity contribution is 5.73. The first-order valence-corrected chi connectivity index (χ1v) is 4.86. The molecule has 0 radical (unpaired) electrons. The lowest BCUT2D eigenvalue weighted by Gasteiger charge is -2.13. The van der Waals surface area contributed by atoms with E-state index < -0.39 is 23.7 Å². The van der Waals surface area contributed by atoms with Gasteiger partial charge >= 0.3 is 5.97 Å². The predicted octanol–water partition coefficient (Wildman–Crippen LogP) is 1.61. The maximum atomic E-state index is 12.9. The molecule has 1 rings (SSSR count). The van der Waals surface area contributed by atoms with Crippen LogP contribution in [0.25, 0.3) is 0 Å². The van der Waals surface area contributed by atoms with Crippen LogP contribution in [0.4, 0.5) is 8.78 Å². The minimum absolute atomic E-state index is 0.152. The highest BCUT2D eigenvalue weighted by Gasteiger charge is 2.24. The van der Waals surface area contributed by atoms with Crippen molar-refractivity contribution >= 4 is 5.97 Å². The van der Waals surface area contributed by atoms with Gasteiger partial charge in [0.15, 0.2) is 5.69 Å². The second-order valence-electron chi connectivity index (χ2n) is 3.24. The van der Waals surface area contributed by atoms with Crippen molar-refractivity contribution in [1.82, 2.24) is 4.98 Å². The van der Waals surface area contributed by atoms with Crippen molar-refractivity contribution in [3.63, 3.8) is 0 Å². The fourth-order valence-corrected chi connectivity index (χ4v) is 1.44. The first-order valence-electron chi connectivity index (χ1n) is 4.86. The van der Waals surface area contributed by atoms with E-state index in [1.165, 1.54) is 14.2 Å². The molecule has 1 heterocycles. The number of halogens is 2. The Labute approximate surface area is 102 Å². The van der Waals surface area contributed by atoms with E-state index >= 15 is 0 Å². The molecule has 18 heavy (non-hydrogen) atoms. The lowest BCUT2D eigenvalue weighted by Crippen LogP contribution is -2.09. The van der Waals surface area contributed by atoms with Crippen LogP contribution in [0, 0.1) is 11.3 Å². The van der Waals surface area contributed by atoms with Crippen LogP contribution in [0.2, 0.25) is 0 Å². The van der Waals surface area contributed by atoms with Gasteiger partial charge in [-0.1, -0.05) is 0 Å². The standard InChI is InChI=1S/C11H10F2N2O3/c1-17-8(16)3-6-5-15-7(4-14)9(11(12)13)10(6)18-2/h5,11H,3H2,1-2H3. The van der Waals surface area contributed by atoms with Crippen molar-refractivity contribution in [2.75, 3.05) is 14.2 Å². The normalized spacial score (nSPS) is 10.0. The molecule has 0 aliphatic carbocycles. The predicted molar refractivity (Wildman–Crippen MR) is 56.2 cm³/mol. The third-order valence-corrected chi connectivity index (χ3v) is 2.23. The van der Waals surface area contributed by atoms with Gasteiger partial charge < -0.3 is 9.47 Å². The zero-order valence-corrected chi connectivity index (χ0v) is 9.74. The number of carbonyl (C=O) groups excluding carboxylic acids is 1. The van der Waals surface area contributed by atoms with Gasteiger partial charge in [0.25, 0.3) is 6.43 Å². The first-order chi connectivity index (χ1) is 8.54. The van der Waals surface area contributed by atoms with Gasteiger partial charge in [0.1, 0.15) is 11.8 Å². The largest absolute Gasteiger partial charge is 0.496 e. The van der Waals surface area contributed by atoms with E-state index in [0.717, 1.165) is 6.20 Å². The van der Waals surface area contributed by atoms with Crippen molar-refractivity contribution < 1.29 is 23.0 Å². The third kappa shape index (κ3) is 2.71. The van der Waals surface area contributed by atoms with Crippen LogP contribution in [0.1, 0.15) is 23.2 Å². The summed E-state index contributed by atoms with van der Waals surface area (Å²) < 4.78 is 35.0. The average molecular weight is 256 g/mol. The minimum atomic E-state index is -2.92. The molecular weight excluding hydrogens is 246 g/mol. The molecule has 0 atom stereocenters. The Bertz CT molecular complexity index is 498. The number of nitrogens with zero attached hydrogens (tertiary/aromatic N) is 2. The van der Waals surface area contributed by atoms with Crippen molar-refractivity contribution in [2.24, 2.45) is 0 Å². The topological polar surface area (TPSA) is 72.2 Å². The number of ether oxygens (including phenoxy) is 2. The molecule has 1 aromatic rings. The summed E-state index contributed by atoms with van der Waals surface area (Å²) in [5, 5.41) is 8.71. The number of nitriles is 1. The van der Waals surface area contributed by atoms with Crippen LogP contribution >= 0.6 is 0 Å². The highest BCUT2D eigenvalue weighted by atomic mass is 19.3. The van der Waals surface area contributed by atoms with Crippen molar-refractivity contribution in [3.05, 3.63) is 23.0 Å². The number of methoxy groups -OCH3 is 2. The monoisotopic (exact) mass is 256 g/mol. The maximum Gasteiger partial charge on any atom is 0.310 e. The number of hydrogen-bond acceptors (Lipinski definition) is 5. The second kappa shape index (κ2) is 5.91. The van der Waals surface area contributed by atoms with Crippen molar-refractivity contribution in [3.8, 4) is 11.8 Å². The molecule has 0 saturated heterocycles. The van der Waals surface area contributed by atoms with E-state index in [9.17, 15) is 13.6 Å². The smallest absolute Gasteiger partial charge is 0.310 e. The summed E-state index contributed by atoms with van der Waals surface area (Å²) in [5.41, 5.74) is -0.879. The van der Waals surface area contributed by atoms with Gasteiger partial charge in [0, 0.05) is 11.8 Å². The molecule has 0 fully saturated rings.